The molecular formula is C24H33NO3. The fourth-order valence-electron chi connectivity index (χ4n) is 6.38. The molecule has 1 aromatic rings. The first kappa shape index (κ1) is 19.5. The fourth-order valence-corrected chi connectivity index (χ4v) is 6.38. The maximum atomic E-state index is 12.5. The highest BCUT2D eigenvalue weighted by atomic mass is 16.5. The van der Waals surface area contributed by atoms with Gasteiger partial charge in [0.05, 0.1) is 6.61 Å². The lowest BCUT2D eigenvalue weighted by Gasteiger charge is -2.59. The van der Waals surface area contributed by atoms with Gasteiger partial charge in [-0.3, -0.25) is 9.59 Å². The summed E-state index contributed by atoms with van der Waals surface area (Å²) < 4.78 is 5.71. The Morgan fingerprint density at radius 1 is 1.07 bits per heavy atom. The molecule has 152 valence electrons. The second kappa shape index (κ2) is 7.88. The number of hydrogen-bond acceptors (Lipinski definition) is 3. The molecule has 28 heavy (non-hydrogen) atoms. The molecule has 0 aliphatic heterocycles. The minimum absolute atomic E-state index is 0.0522. The van der Waals surface area contributed by atoms with Gasteiger partial charge in [0, 0.05) is 18.0 Å². The van der Waals surface area contributed by atoms with E-state index < -0.39 is 0 Å². The molecule has 4 aliphatic rings. The lowest BCUT2D eigenvalue weighted by molar-refractivity contribution is -0.126. The highest BCUT2D eigenvalue weighted by molar-refractivity contribution is 5.94. The number of ether oxygens (including phenoxy) is 1. The Labute approximate surface area is 168 Å². The molecule has 0 aromatic heterocycles. The van der Waals surface area contributed by atoms with Crippen LogP contribution < -0.4 is 10.1 Å². The minimum Gasteiger partial charge on any atom is -0.494 e. The molecule has 1 aromatic carbocycles. The van der Waals surface area contributed by atoms with Gasteiger partial charge in [0.2, 0.25) is 5.91 Å². The van der Waals surface area contributed by atoms with Gasteiger partial charge in [-0.25, -0.2) is 0 Å². The van der Waals surface area contributed by atoms with E-state index in [0.29, 0.717) is 30.4 Å². The Bertz CT molecular complexity index is 689. The summed E-state index contributed by atoms with van der Waals surface area (Å²) in [6.45, 7) is 4.30. The molecule has 0 spiro atoms. The second-order valence-corrected chi connectivity index (χ2v) is 9.60. The van der Waals surface area contributed by atoms with Gasteiger partial charge in [0.15, 0.2) is 5.78 Å². The van der Waals surface area contributed by atoms with E-state index in [0.717, 1.165) is 23.5 Å². The molecule has 0 saturated heterocycles. The maximum absolute atomic E-state index is 12.5. The number of hydrogen-bond donors (Lipinski definition) is 1. The third kappa shape index (κ3) is 4.11. The number of rotatable bonds is 8. The Morgan fingerprint density at radius 3 is 2.18 bits per heavy atom. The third-order valence-electron chi connectivity index (χ3n) is 7.46. The quantitative estimate of drug-likeness (QED) is 0.520. The van der Waals surface area contributed by atoms with Crippen molar-refractivity contribution < 1.29 is 14.3 Å². The van der Waals surface area contributed by atoms with E-state index in [1.54, 1.807) is 19.1 Å². The molecule has 5 rings (SSSR count). The average Bonchev–Trinajstić information content (AvgIpc) is 2.64. The van der Waals surface area contributed by atoms with Crippen LogP contribution in [0.4, 0.5) is 0 Å². The number of carbonyl (C=O) groups is 2. The standard InChI is InChI=1S/C24H33NO3/c1-16(26)21-5-7-22(8-6-21)28-9-3-4-23(27)25-17(2)24-13-18-10-19(14-24)12-20(11-18)15-24/h5-8,17-20H,3-4,9-15H2,1-2H3,(H,25,27)/t17-,18?,19?,20?,24?/m1/s1. The Morgan fingerprint density at radius 2 is 1.64 bits per heavy atom. The number of amides is 1. The zero-order chi connectivity index (χ0) is 19.7. The summed E-state index contributed by atoms with van der Waals surface area (Å²) in [6, 6.07) is 7.46. The highest BCUT2D eigenvalue weighted by Gasteiger charge is 2.53. The fraction of sp³-hybridized carbons (Fsp3) is 0.667. The number of nitrogens with one attached hydrogen (secondary N) is 1. The molecule has 0 heterocycles. The van der Waals surface area contributed by atoms with E-state index in [2.05, 4.69) is 12.2 Å². The van der Waals surface area contributed by atoms with E-state index >= 15 is 0 Å². The first-order chi connectivity index (χ1) is 13.4. The summed E-state index contributed by atoms with van der Waals surface area (Å²) in [7, 11) is 0. The van der Waals surface area contributed by atoms with Crippen molar-refractivity contribution in [3.8, 4) is 5.75 Å². The van der Waals surface area contributed by atoms with Crippen molar-refractivity contribution in [2.24, 2.45) is 23.2 Å². The van der Waals surface area contributed by atoms with Crippen molar-refractivity contribution in [1.29, 1.82) is 0 Å². The van der Waals surface area contributed by atoms with E-state index in [9.17, 15) is 9.59 Å². The molecule has 4 heteroatoms. The monoisotopic (exact) mass is 383 g/mol. The van der Waals surface area contributed by atoms with Crippen molar-refractivity contribution >= 4 is 11.7 Å². The molecule has 1 amide bonds. The van der Waals surface area contributed by atoms with Crippen molar-refractivity contribution in [3.05, 3.63) is 29.8 Å². The van der Waals surface area contributed by atoms with Crippen LogP contribution in [-0.4, -0.2) is 24.3 Å². The van der Waals surface area contributed by atoms with Gasteiger partial charge in [-0.2, -0.15) is 0 Å². The lowest BCUT2D eigenvalue weighted by Crippen LogP contribution is -2.55. The van der Waals surface area contributed by atoms with E-state index in [1.165, 1.54) is 38.5 Å². The van der Waals surface area contributed by atoms with Gasteiger partial charge in [-0.1, -0.05) is 0 Å². The molecule has 4 saturated carbocycles. The minimum atomic E-state index is 0.0522. The topological polar surface area (TPSA) is 55.4 Å². The SMILES string of the molecule is CC(=O)c1ccc(OCCCC(=O)N[C@H](C)C23CC4CC(CC(C4)C2)C3)cc1. The summed E-state index contributed by atoms with van der Waals surface area (Å²) in [5.41, 5.74) is 1.05. The van der Waals surface area contributed by atoms with Crippen LogP contribution in [0.25, 0.3) is 0 Å². The number of ketones is 1. The molecule has 4 bridgehead atoms. The van der Waals surface area contributed by atoms with Crippen LogP contribution in [0.5, 0.6) is 5.75 Å². The summed E-state index contributed by atoms with van der Waals surface area (Å²) in [4.78, 5) is 23.8. The molecule has 0 radical (unpaired) electrons. The maximum Gasteiger partial charge on any atom is 0.220 e. The van der Waals surface area contributed by atoms with Gasteiger partial charge >= 0.3 is 0 Å². The van der Waals surface area contributed by atoms with Gasteiger partial charge < -0.3 is 10.1 Å². The van der Waals surface area contributed by atoms with Gasteiger partial charge in [0.25, 0.3) is 0 Å². The smallest absolute Gasteiger partial charge is 0.220 e. The average molecular weight is 384 g/mol. The van der Waals surface area contributed by atoms with Crippen LogP contribution in [-0.2, 0) is 4.79 Å². The Hall–Kier alpha value is -1.84. The van der Waals surface area contributed by atoms with Crippen molar-refractivity contribution in [2.45, 2.75) is 71.3 Å². The van der Waals surface area contributed by atoms with Gasteiger partial charge in [-0.05, 0) is 106 Å². The first-order valence-electron chi connectivity index (χ1n) is 11.0. The van der Waals surface area contributed by atoms with Crippen molar-refractivity contribution in [2.75, 3.05) is 6.61 Å². The molecular weight excluding hydrogens is 350 g/mol. The molecule has 1 atom stereocenters. The predicted molar refractivity (Wildman–Crippen MR) is 109 cm³/mol. The van der Waals surface area contributed by atoms with Crippen LogP contribution in [0.1, 0.15) is 75.6 Å². The third-order valence-corrected chi connectivity index (χ3v) is 7.46. The zero-order valence-electron chi connectivity index (χ0n) is 17.2. The van der Waals surface area contributed by atoms with Crippen LogP contribution in [0.3, 0.4) is 0 Å². The van der Waals surface area contributed by atoms with Crippen molar-refractivity contribution in [1.82, 2.24) is 5.32 Å². The zero-order valence-corrected chi connectivity index (χ0v) is 17.2. The summed E-state index contributed by atoms with van der Waals surface area (Å²) in [5.74, 6) is 3.68. The van der Waals surface area contributed by atoms with Gasteiger partial charge in [-0.15, -0.1) is 0 Å². The van der Waals surface area contributed by atoms with E-state index in [-0.39, 0.29) is 17.7 Å². The summed E-state index contributed by atoms with van der Waals surface area (Å²) in [6.07, 6.45) is 9.47. The molecule has 1 N–H and O–H groups in total. The Balaban J connectivity index is 1.20. The van der Waals surface area contributed by atoms with Crippen LogP contribution >= 0.6 is 0 Å². The summed E-state index contributed by atoms with van der Waals surface area (Å²) in [5, 5.41) is 3.32. The molecule has 4 nitrogen and oxygen atoms in total. The first-order valence-corrected chi connectivity index (χ1v) is 11.0. The summed E-state index contributed by atoms with van der Waals surface area (Å²) >= 11 is 0. The number of Topliss-reactive ketones (excluding diaryl/α,β-unsaturated/α-hetero) is 1. The number of carbonyl (C=O) groups excluding carboxylic acids is 2. The van der Waals surface area contributed by atoms with Gasteiger partial charge in [0.1, 0.15) is 5.75 Å². The molecule has 0 unspecified atom stereocenters. The largest absolute Gasteiger partial charge is 0.494 e. The second-order valence-electron chi connectivity index (χ2n) is 9.60. The Kier molecular flexibility index (Phi) is 5.48. The highest BCUT2D eigenvalue weighted by Crippen LogP contribution is 2.61. The van der Waals surface area contributed by atoms with E-state index in [4.69, 9.17) is 4.74 Å². The van der Waals surface area contributed by atoms with E-state index in [1.807, 2.05) is 12.1 Å². The molecule has 4 fully saturated rings. The van der Waals surface area contributed by atoms with Crippen LogP contribution in [0, 0.1) is 23.2 Å². The van der Waals surface area contributed by atoms with Crippen molar-refractivity contribution in [3.63, 3.8) is 0 Å². The van der Waals surface area contributed by atoms with Crippen LogP contribution in [0.2, 0.25) is 0 Å². The predicted octanol–water partition coefficient (Wildman–Crippen LogP) is 4.77. The molecule has 4 aliphatic carbocycles. The number of benzene rings is 1. The van der Waals surface area contributed by atoms with Crippen LogP contribution in [0.15, 0.2) is 24.3 Å². The lowest BCUT2D eigenvalue weighted by atomic mass is 9.48. The normalized spacial score (nSPS) is 31.4.